The summed E-state index contributed by atoms with van der Waals surface area (Å²) in [6, 6.07) is 8.91. The van der Waals surface area contributed by atoms with E-state index in [0.717, 1.165) is 19.5 Å². The van der Waals surface area contributed by atoms with Crippen LogP contribution < -0.4 is 4.74 Å². The monoisotopic (exact) mass is 407 g/mol. The van der Waals surface area contributed by atoms with E-state index < -0.39 is 6.10 Å². The molecule has 7 nitrogen and oxygen atoms in total. The lowest BCUT2D eigenvalue weighted by molar-refractivity contribution is -0.000947. The Bertz CT molecular complexity index is 680. The molecule has 3 atom stereocenters. The normalized spacial score (nSPS) is 23.0. The van der Waals surface area contributed by atoms with E-state index in [1.54, 1.807) is 29.2 Å². The van der Waals surface area contributed by atoms with Crippen molar-refractivity contribution >= 4 is 17.7 Å². The van der Waals surface area contributed by atoms with Gasteiger partial charge in [0.2, 0.25) is 0 Å². The predicted molar refractivity (Wildman–Crippen MR) is 104 cm³/mol. The number of carbonyl (C=O) groups is 1. The molecule has 1 aromatic rings. The molecule has 1 aromatic carbocycles. The molecule has 0 saturated carbocycles. The molecule has 0 aliphatic carbocycles. The number of likely N-dealkylation sites (tertiary alicyclic amines) is 2. The van der Waals surface area contributed by atoms with Gasteiger partial charge in [-0.15, -0.1) is 11.6 Å². The average molecular weight is 408 g/mol. The van der Waals surface area contributed by atoms with Gasteiger partial charge in [0.05, 0.1) is 17.5 Å². The largest absolute Gasteiger partial charge is 0.491 e. The van der Waals surface area contributed by atoms with Gasteiger partial charge in [0.1, 0.15) is 25.1 Å². The number of aliphatic hydroxyl groups excluding tert-OH is 1. The number of carbonyl (C=O) groups excluding carboxylic acids is 1. The van der Waals surface area contributed by atoms with Crippen molar-refractivity contribution in [2.45, 2.75) is 12.5 Å². The number of halogens is 1. The molecule has 2 heterocycles. The van der Waals surface area contributed by atoms with Gasteiger partial charge in [0.15, 0.2) is 0 Å². The molecule has 2 aliphatic heterocycles. The molecular formula is C20H26ClN3O4. The Morgan fingerprint density at radius 3 is 2.54 bits per heavy atom. The van der Waals surface area contributed by atoms with Gasteiger partial charge >= 0.3 is 6.09 Å². The molecule has 3 unspecified atom stereocenters. The van der Waals surface area contributed by atoms with Gasteiger partial charge in [-0.2, -0.15) is 5.26 Å². The molecule has 0 aromatic heterocycles. The number of rotatable bonds is 7. The number of hydrogen-bond acceptors (Lipinski definition) is 6. The minimum atomic E-state index is -0.598. The van der Waals surface area contributed by atoms with E-state index in [9.17, 15) is 9.90 Å². The number of hydrogen-bond donors (Lipinski definition) is 1. The molecule has 2 saturated heterocycles. The summed E-state index contributed by atoms with van der Waals surface area (Å²) in [4.78, 5) is 16.1. The number of β-amino-alcohol motifs (C(OH)–C–C–N with tert-alkyl or cyclic N) is 1. The Hall–Kier alpha value is -2.01. The Morgan fingerprint density at radius 1 is 1.25 bits per heavy atom. The molecule has 2 bridgehead atoms. The lowest BCUT2D eigenvalue weighted by Gasteiger charge is -2.45. The Morgan fingerprint density at radius 2 is 1.93 bits per heavy atom. The standard InChI is InChI=1S/C20H26ClN3O4/c21-5-6-27-20(26)24-11-16-7-17(12-24)10-23(9-16)13-18(25)14-28-19-3-1-15(8-22)2-4-19/h1-4,16-18,25H,5-7,9-14H2. The van der Waals surface area contributed by atoms with Gasteiger partial charge in [-0.05, 0) is 42.5 Å². The molecule has 28 heavy (non-hydrogen) atoms. The van der Waals surface area contributed by atoms with Crippen LogP contribution in [-0.4, -0.2) is 78.9 Å². The summed E-state index contributed by atoms with van der Waals surface area (Å²) in [6.45, 7) is 4.06. The van der Waals surface area contributed by atoms with Crippen molar-refractivity contribution in [1.29, 1.82) is 5.26 Å². The highest BCUT2D eigenvalue weighted by molar-refractivity contribution is 6.18. The maximum atomic E-state index is 12.1. The van der Waals surface area contributed by atoms with Crippen LogP contribution in [-0.2, 0) is 4.74 Å². The highest BCUT2D eigenvalue weighted by Gasteiger charge is 2.36. The lowest BCUT2D eigenvalue weighted by Crippen LogP contribution is -2.55. The molecule has 0 radical (unpaired) electrons. The van der Waals surface area contributed by atoms with E-state index in [1.165, 1.54) is 0 Å². The Kier molecular flexibility index (Phi) is 7.37. The third-order valence-electron chi connectivity index (χ3n) is 5.11. The SMILES string of the molecule is N#Cc1ccc(OCC(O)CN2CC3CC(C2)CN(C(=O)OCCCl)C3)cc1. The van der Waals surface area contributed by atoms with Crippen LogP contribution in [0.1, 0.15) is 12.0 Å². The molecule has 8 heteroatoms. The van der Waals surface area contributed by atoms with E-state index in [4.69, 9.17) is 26.3 Å². The van der Waals surface area contributed by atoms with Gasteiger partial charge in [-0.3, -0.25) is 4.90 Å². The fourth-order valence-electron chi connectivity index (χ4n) is 4.07. The molecule has 0 spiro atoms. The van der Waals surface area contributed by atoms with Gasteiger partial charge in [-0.25, -0.2) is 4.79 Å². The summed E-state index contributed by atoms with van der Waals surface area (Å²) in [5.74, 6) is 1.73. The number of aliphatic hydroxyl groups is 1. The number of ether oxygens (including phenoxy) is 2. The molecule has 152 valence electrons. The first kappa shape index (κ1) is 20.7. The van der Waals surface area contributed by atoms with Crippen molar-refractivity contribution < 1.29 is 19.4 Å². The van der Waals surface area contributed by atoms with Crippen LogP contribution in [0.25, 0.3) is 0 Å². The first-order valence-electron chi connectivity index (χ1n) is 9.58. The highest BCUT2D eigenvalue weighted by atomic mass is 35.5. The summed E-state index contributed by atoms with van der Waals surface area (Å²) in [5, 5.41) is 19.2. The van der Waals surface area contributed by atoms with Gasteiger partial charge in [0, 0.05) is 32.7 Å². The molecule has 3 rings (SSSR count). The van der Waals surface area contributed by atoms with Gasteiger partial charge in [0.25, 0.3) is 0 Å². The minimum absolute atomic E-state index is 0.203. The van der Waals surface area contributed by atoms with Crippen molar-refractivity contribution in [3.05, 3.63) is 29.8 Å². The van der Waals surface area contributed by atoms with E-state index in [1.807, 2.05) is 0 Å². The minimum Gasteiger partial charge on any atom is -0.491 e. The van der Waals surface area contributed by atoms with Crippen molar-refractivity contribution in [2.24, 2.45) is 11.8 Å². The number of nitriles is 1. The summed E-state index contributed by atoms with van der Waals surface area (Å²) < 4.78 is 10.8. The van der Waals surface area contributed by atoms with Crippen LogP contribution in [0.5, 0.6) is 5.75 Å². The number of piperidine rings is 2. The molecule has 2 aliphatic rings. The second kappa shape index (κ2) is 9.97. The number of benzene rings is 1. The zero-order valence-electron chi connectivity index (χ0n) is 15.8. The van der Waals surface area contributed by atoms with Gasteiger partial charge < -0.3 is 19.5 Å². The zero-order chi connectivity index (χ0) is 19.9. The Labute approximate surface area is 170 Å². The molecule has 1 amide bonds. The molecule has 2 fully saturated rings. The second-order valence-corrected chi connectivity index (χ2v) is 7.87. The summed E-state index contributed by atoms with van der Waals surface area (Å²) in [7, 11) is 0. The maximum absolute atomic E-state index is 12.1. The lowest BCUT2D eigenvalue weighted by atomic mass is 9.84. The predicted octanol–water partition coefficient (Wildman–Crippen LogP) is 1.93. The number of amides is 1. The zero-order valence-corrected chi connectivity index (χ0v) is 16.6. The third kappa shape index (κ3) is 5.74. The van der Waals surface area contributed by atoms with Crippen LogP contribution in [0.3, 0.4) is 0 Å². The van der Waals surface area contributed by atoms with Gasteiger partial charge in [-0.1, -0.05) is 0 Å². The second-order valence-electron chi connectivity index (χ2n) is 7.50. The highest BCUT2D eigenvalue weighted by Crippen LogP contribution is 2.29. The molecular weight excluding hydrogens is 382 g/mol. The smallest absolute Gasteiger partial charge is 0.409 e. The van der Waals surface area contributed by atoms with Crippen LogP contribution in [0.2, 0.25) is 0 Å². The average Bonchev–Trinajstić information content (AvgIpc) is 2.70. The van der Waals surface area contributed by atoms with Crippen LogP contribution in [0.15, 0.2) is 24.3 Å². The summed E-state index contributed by atoms with van der Waals surface area (Å²) in [6.07, 6.45) is 0.229. The number of fused-ring (bicyclic) bond motifs is 2. The maximum Gasteiger partial charge on any atom is 0.409 e. The molecule has 1 N–H and O–H groups in total. The summed E-state index contributed by atoms with van der Waals surface area (Å²) in [5.41, 5.74) is 0.577. The number of nitrogens with zero attached hydrogens (tertiary/aromatic N) is 3. The topological polar surface area (TPSA) is 86.0 Å². The Balaban J connectivity index is 1.42. The van der Waals surface area contributed by atoms with Crippen molar-refractivity contribution in [3.8, 4) is 11.8 Å². The number of alkyl halides is 1. The van der Waals surface area contributed by atoms with E-state index in [0.29, 0.717) is 48.7 Å². The fourth-order valence-corrected chi connectivity index (χ4v) is 4.15. The quantitative estimate of drug-likeness (QED) is 0.695. The van der Waals surface area contributed by atoms with E-state index in [-0.39, 0.29) is 19.3 Å². The summed E-state index contributed by atoms with van der Waals surface area (Å²) >= 11 is 5.58. The fraction of sp³-hybridized carbons (Fsp3) is 0.600. The van der Waals surface area contributed by atoms with Crippen LogP contribution in [0.4, 0.5) is 4.79 Å². The first-order valence-corrected chi connectivity index (χ1v) is 10.1. The van der Waals surface area contributed by atoms with Crippen molar-refractivity contribution in [1.82, 2.24) is 9.80 Å². The van der Waals surface area contributed by atoms with Crippen molar-refractivity contribution in [3.63, 3.8) is 0 Å². The third-order valence-corrected chi connectivity index (χ3v) is 5.27. The van der Waals surface area contributed by atoms with E-state index in [2.05, 4.69) is 11.0 Å². The van der Waals surface area contributed by atoms with Crippen molar-refractivity contribution in [2.75, 3.05) is 51.8 Å². The van der Waals surface area contributed by atoms with Crippen LogP contribution in [0, 0.1) is 23.2 Å². The first-order chi connectivity index (χ1) is 13.6. The van der Waals surface area contributed by atoms with E-state index >= 15 is 0 Å². The van der Waals surface area contributed by atoms with Crippen LogP contribution >= 0.6 is 11.6 Å².